The molecule has 1 heterocycles. The quantitative estimate of drug-likeness (QED) is 0.428. The summed E-state index contributed by atoms with van der Waals surface area (Å²) in [4.78, 5) is 24.9. The molecule has 0 saturated heterocycles. The molecule has 0 radical (unpaired) electrons. The molecule has 3 heteroatoms. The largest absolute Gasteiger partial charge is 0.386 e. The van der Waals surface area contributed by atoms with Crippen molar-refractivity contribution in [3.63, 3.8) is 0 Å². The monoisotopic (exact) mass is 382 g/mol. The molecule has 3 aromatic carbocycles. The smallest absolute Gasteiger partial charge is 0.346 e. The van der Waals surface area contributed by atoms with Crippen molar-refractivity contribution in [3.8, 4) is 0 Å². The predicted octanol–water partition coefficient (Wildman–Crippen LogP) is 5.75. The molecular weight excluding hydrogens is 360 g/mol. The third kappa shape index (κ3) is 2.51. The van der Waals surface area contributed by atoms with E-state index in [0.29, 0.717) is 16.5 Å². The number of carbonyl (C=O) groups is 2. The Morgan fingerprint density at radius 2 is 1.69 bits per heavy atom. The standard InChI is InChI=1S/C26H22O3/c1-7-9-16-20(13(3)4)21(14(5)8-2)17-10-11-18-23-19(26(28)29-25(18)27)12-15(6)22(16)24(17)23/h7-12H,1,3H2,2,4-6H3/b14-8-,16-9+. The summed E-state index contributed by atoms with van der Waals surface area (Å²) in [5.41, 5.74) is 5.98. The summed E-state index contributed by atoms with van der Waals surface area (Å²) in [6, 6.07) is 5.54. The molecule has 0 aliphatic carbocycles. The molecule has 0 atom stereocenters. The molecular formula is C26H22O3. The molecule has 3 aromatic rings. The summed E-state index contributed by atoms with van der Waals surface area (Å²) in [5.74, 6) is -1.19. The highest BCUT2D eigenvalue weighted by Gasteiger charge is 2.30. The van der Waals surface area contributed by atoms with Crippen LogP contribution in [0.1, 0.15) is 58.2 Å². The van der Waals surface area contributed by atoms with Gasteiger partial charge in [0.05, 0.1) is 11.1 Å². The lowest BCUT2D eigenvalue weighted by Crippen LogP contribution is -2.22. The Hall–Kier alpha value is -3.46. The van der Waals surface area contributed by atoms with E-state index in [1.165, 1.54) is 0 Å². The molecule has 0 N–H and O–H groups in total. The third-order valence-electron chi connectivity index (χ3n) is 5.70. The van der Waals surface area contributed by atoms with Crippen LogP contribution in [0.5, 0.6) is 0 Å². The van der Waals surface area contributed by atoms with Crippen molar-refractivity contribution in [2.24, 2.45) is 0 Å². The Morgan fingerprint density at radius 1 is 1.00 bits per heavy atom. The van der Waals surface area contributed by atoms with Crippen molar-refractivity contribution < 1.29 is 14.3 Å². The Labute approximate surface area is 169 Å². The van der Waals surface area contributed by atoms with E-state index in [-0.39, 0.29) is 0 Å². The number of allylic oxidation sites excluding steroid dienone is 4. The molecule has 0 amide bonds. The van der Waals surface area contributed by atoms with Crippen molar-refractivity contribution in [1.29, 1.82) is 0 Å². The Morgan fingerprint density at radius 3 is 2.31 bits per heavy atom. The minimum absolute atomic E-state index is 0.425. The van der Waals surface area contributed by atoms with Gasteiger partial charge in [-0.15, -0.1) is 0 Å². The van der Waals surface area contributed by atoms with Crippen molar-refractivity contribution in [1.82, 2.24) is 0 Å². The lowest BCUT2D eigenvalue weighted by Gasteiger charge is -2.23. The fourth-order valence-electron chi connectivity index (χ4n) is 4.46. The Kier molecular flexibility index (Phi) is 4.27. The van der Waals surface area contributed by atoms with Gasteiger partial charge in [0, 0.05) is 5.39 Å². The van der Waals surface area contributed by atoms with Gasteiger partial charge in [0.2, 0.25) is 0 Å². The first kappa shape index (κ1) is 18.9. The van der Waals surface area contributed by atoms with Gasteiger partial charge in [-0.1, -0.05) is 37.5 Å². The highest BCUT2D eigenvalue weighted by atomic mass is 16.6. The normalized spacial score (nSPS) is 14.6. The molecule has 0 unspecified atom stereocenters. The van der Waals surface area contributed by atoms with Crippen molar-refractivity contribution in [3.05, 3.63) is 76.5 Å². The third-order valence-corrected chi connectivity index (χ3v) is 5.70. The van der Waals surface area contributed by atoms with Gasteiger partial charge in [0.15, 0.2) is 0 Å². The molecule has 0 aromatic heterocycles. The minimum Gasteiger partial charge on any atom is -0.386 e. The maximum absolute atomic E-state index is 12.5. The van der Waals surface area contributed by atoms with Crippen molar-refractivity contribution >= 4 is 50.7 Å². The number of cyclic esters (lactones) is 2. The highest BCUT2D eigenvalue weighted by Crippen LogP contribution is 2.40. The van der Waals surface area contributed by atoms with Gasteiger partial charge in [-0.2, -0.15) is 0 Å². The van der Waals surface area contributed by atoms with Crippen molar-refractivity contribution in [2.45, 2.75) is 27.7 Å². The number of hydrogen-bond donors (Lipinski definition) is 0. The van der Waals surface area contributed by atoms with Gasteiger partial charge < -0.3 is 4.74 Å². The number of esters is 2. The molecule has 4 rings (SSSR count). The summed E-state index contributed by atoms with van der Waals surface area (Å²) >= 11 is 0. The zero-order valence-corrected chi connectivity index (χ0v) is 17.1. The number of hydrogen-bond acceptors (Lipinski definition) is 3. The van der Waals surface area contributed by atoms with Crippen LogP contribution in [0, 0.1) is 6.92 Å². The van der Waals surface area contributed by atoms with Crippen LogP contribution >= 0.6 is 0 Å². The number of carbonyl (C=O) groups excluding carboxylic acids is 2. The van der Waals surface area contributed by atoms with Crippen LogP contribution in [0.3, 0.4) is 0 Å². The lowest BCUT2D eigenvalue weighted by atomic mass is 9.81. The van der Waals surface area contributed by atoms with E-state index in [2.05, 4.69) is 26.2 Å². The molecule has 1 aliphatic rings. The van der Waals surface area contributed by atoms with Crippen LogP contribution < -0.4 is 5.22 Å². The van der Waals surface area contributed by atoms with Crippen LogP contribution in [0.15, 0.2) is 43.5 Å². The zero-order valence-electron chi connectivity index (χ0n) is 17.1. The fourth-order valence-corrected chi connectivity index (χ4v) is 4.46. The van der Waals surface area contributed by atoms with E-state index in [0.717, 1.165) is 49.2 Å². The Balaban J connectivity index is 2.48. The van der Waals surface area contributed by atoms with Gasteiger partial charge in [-0.25, -0.2) is 9.59 Å². The number of benzene rings is 3. The number of ether oxygens (including phenoxy) is 1. The molecule has 0 spiro atoms. The molecule has 0 fully saturated rings. The number of rotatable bonds is 3. The molecule has 0 saturated carbocycles. The average molecular weight is 382 g/mol. The maximum atomic E-state index is 12.5. The number of aryl methyl sites for hydroxylation is 1. The van der Waals surface area contributed by atoms with Gasteiger partial charge >= 0.3 is 11.9 Å². The zero-order chi connectivity index (χ0) is 21.0. The van der Waals surface area contributed by atoms with Gasteiger partial charge in [0.25, 0.3) is 0 Å². The van der Waals surface area contributed by atoms with E-state index in [9.17, 15) is 9.59 Å². The second-order valence-electron chi connectivity index (χ2n) is 7.52. The van der Waals surface area contributed by atoms with Gasteiger partial charge in [0.1, 0.15) is 0 Å². The summed E-state index contributed by atoms with van der Waals surface area (Å²) in [7, 11) is 0. The maximum Gasteiger partial charge on any atom is 0.346 e. The molecule has 144 valence electrons. The van der Waals surface area contributed by atoms with E-state index in [1.807, 2.05) is 39.0 Å². The molecule has 1 aliphatic heterocycles. The first-order chi connectivity index (χ1) is 13.8. The average Bonchev–Trinajstić information content (AvgIpc) is 2.68. The summed E-state index contributed by atoms with van der Waals surface area (Å²) in [6.45, 7) is 16.2. The summed E-state index contributed by atoms with van der Waals surface area (Å²) in [5, 5.41) is 4.59. The van der Waals surface area contributed by atoms with Crippen LogP contribution in [-0.2, 0) is 4.74 Å². The topological polar surface area (TPSA) is 43.4 Å². The van der Waals surface area contributed by atoms with Crippen LogP contribution in [-0.4, -0.2) is 11.9 Å². The second kappa shape index (κ2) is 6.56. The Bertz CT molecular complexity index is 1370. The highest BCUT2D eigenvalue weighted by molar-refractivity contribution is 6.29. The molecule has 29 heavy (non-hydrogen) atoms. The van der Waals surface area contributed by atoms with Gasteiger partial charge in [-0.05, 0) is 89.0 Å². The van der Waals surface area contributed by atoms with Crippen LogP contribution in [0.4, 0.5) is 0 Å². The van der Waals surface area contributed by atoms with Crippen molar-refractivity contribution in [2.75, 3.05) is 0 Å². The van der Waals surface area contributed by atoms with E-state index in [4.69, 9.17) is 4.74 Å². The minimum atomic E-state index is -0.600. The second-order valence-corrected chi connectivity index (χ2v) is 7.52. The summed E-state index contributed by atoms with van der Waals surface area (Å²) < 4.78 is 4.97. The predicted molar refractivity (Wildman–Crippen MR) is 120 cm³/mol. The SMILES string of the molecule is C=C/C=c1\c(C(=C)C)c(/C(C)=C\C)c2ccc3c4c(cc(C)c1c24)C(=O)OC3=O. The van der Waals surface area contributed by atoms with Crippen LogP contribution in [0.2, 0.25) is 0 Å². The van der Waals surface area contributed by atoms with E-state index >= 15 is 0 Å². The first-order valence-corrected chi connectivity index (χ1v) is 9.55. The summed E-state index contributed by atoms with van der Waals surface area (Å²) in [6.07, 6.45) is 5.81. The fraction of sp³-hybridized carbons (Fsp3) is 0.154. The van der Waals surface area contributed by atoms with Crippen LogP contribution in [0.25, 0.3) is 38.8 Å². The lowest BCUT2D eigenvalue weighted by molar-refractivity contribution is 0.0391. The van der Waals surface area contributed by atoms with Gasteiger partial charge in [-0.3, -0.25) is 0 Å². The molecule has 0 bridgehead atoms. The molecule has 3 nitrogen and oxygen atoms in total. The first-order valence-electron chi connectivity index (χ1n) is 9.55. The van der Waals surface area contributed by atoms with E-state index < -0.39 is 11.9 Å². The van der Waals surface area contributed by atoms with E-state index in [1.54, 1.807) is 12.1 Å².